The summed E-state index contributed by atoms with van der Waals surface area (Å²) in [5.74, 6) is 1.57. The number of cyclic esters (lactones) is 1. The van der Waals surface area contributed by atoms with Gasteiger partial charge in [0.15, 0.2) is 6.29 Å². The summed E-state index contributed by atoms with van der Waals surface area (Å²) in [6.45, 7) is 7.97. The molecule has 4 fully saturated rings. The Labute approximate surface area is 260 Å². The minimum Gasteiger partial charge on any atom is -0.458 e. The summed E-state index contributed by atoms with van der Waals surface area (Å²) in [5.41, 5.74) is 2.22. The fourth-order valence-electron chi connectivity index (χ4n) is 10.6. The maximum Gasteiger partial charge on any atom is 0.334 e. The van der Waals surface area contributed by atoms with Gasteiger partial charge in [0.2, 0.25) is 0 Å². The molecular weight excluding hydrogens is 568 g/mol. The van der Waals surface area contributed by atoms with Gasteiger partial charge in [-0.25, -0.2) is 4.79 Å². The molecule has 6 aliphatic rings. The number of rotatable bonds is 6. The van der Waals surface area contributed by atoms with Crippen molar-refractivity contribution in [1.29, 1.82) is 0 Å². The van der Waals surface area contributed by atoms with Gasteiger partial charge >= 0.3 is 5.97 Å². The van der Waals surface area contributed by atoms with E-state index >= 15 is 0 Å². The maximum absolute atomic E-state index is 12.6. The molecular formula is C34H52O10. The molecule has 2 aliphatic heterocycles. The standard InChI is InChI=1S/C34H52O10/c1-16-18(14-35)11-25(43-31(16)41)17(2)22-7-8-23-21-6-5-19-12-20(42-32-30(40)29(39)28(38)26(15-36)44-32)13-27(37)34(19,4)24(21)9-10-33(22,23)3/h5,17,20-30,32,35-40H,6-15H2,1-4H3/t17-,20-,21-,22+,23+,24-,25+,26+,27-,28-,29-,30-,32+,33-,34+/m1/s1. The molecule has 3 saturated carbocycles. The summed E-state index contributed by atoms with van der Waals surface area (Å²) >= 11 is 0. The van der Waals surface area contributed by atoms with Gasteiger partial charge < -0.3 is 44.8 Å². The van der Waals surface area contributed by atoms with Crippen molar-refractivity contribution in [3.63, 3.8) is 0 Å². The Morgan fingerprint density at radius 1 is 1.02 bits per heavy atom. The quantitative estimate of drug-likeness (QED) is 0.191. The van der Waals surface area contributed by atoms with Crippen LogP contribution < -0.4 is 0 Å². The van der Waals surface area contributed by atoms with E-state index in [1.807, 2.05) is 0 Å². The van der Waals surface area contributed by atoms with Crippen molar-refractivity contribution in [2.75, 3.05) is 13.2 Å². The third-order valence-electron chi connectivity index (χ3n) is 13.4. The number of esters is 1. The first-order valence-electron chi connectivity index (χ1n) is 16.7. The van der Waals surface area contributed by atoms with Gasteiger partial charge in [-0.05, 0) is 86.0 Å². The Morgan fingerprint density at radius 3 is 2.48 bits per heavy atom. The van der Waals surface area contributed by atoms with E-state index in [0.29, 0.717) is 48.5 Å². The Hall–Kier alpha value is -1.37. The van der Waals surface area contributed by atoms with Crippen molar-refractivity contribution >= 4 is 5.97 Å². The Kier molecular flexibility index (Phi) is 8.89. The SMILES string of the molecule is CC1=C(CO)C[C@@H]([C@H](C)[C@@H]2CC[C@H]3[C@H]4CC=C5C[C@@H](O[C@H]6O[C@@H](CO)[C@@H](O)[C@@H](O)[C@H]6O)C[C@@H](O)[C@]5(C)[C@@H]4CC[C@]23C)OC1=O. The second kappa shape index (κ2) is 12.0. The van der Waals surface area contributed by atoms with E-state index in [1.165, 1.54) is 5.57 Å². The summed E-state index contributed by atoms with van der Waals surface area (Å²) in [4.78, 5) is 12.6. The van der Waals surface area contributed by atoms with E-state index in [9.17, 15) is 35.4 Å². The van der Waals surface area contributed by atoms with Crippen molar-refractivity contribution in [2.24, 2.45) is 40.4 Å². The zero-order valence-corrected chi connectivity index (χ0v) is 26.5. The van der Waals surface area contributed by atoms with Gasteiger partial charge in [0.1, 0.15) is 30.5 Å². The van der Waals surface area contributed by atoms with Crippen LogP contribution in [0.25, 0.3) is 0 Å². The molecule has 0 unspecified atom stereocenters. The van der Waals surface area contributed by atoms with E-state index in [0.717, 1.165) is 37.7 Å². The second-order valence-corrected chi connectivity index (χ2v) is 15.2. The molecule has 0 aromatic carbocycles. The summed E-state index contributed by atoms with van der Waals surface area (Å²) in [6.07, 6.45) is 1.07. The number of fused-ring (bicyclic) bond motifs is 5. The van der Waals surface area contributed by atoms with Gasteiger partial charge in [0.25, 0.3) is 0 Å². The van der Waals surface area contributed by atoms with E-state index in [2.05, 4.69) is 26.8 Å². The van der Waals surface area contributed by atoms with Crippen LogP contribution in [0.5, 0.6) is 0 Å². The third-order valence-corrected chi connectivity index (χ3v) is 13.4. The van der Waals surface area contributed by atoms with Gasteiger partial charge in [-0.2, -0.15) is 0 Å². The molecule has 248 valence electrons. The molecule has 0 spiro atoms. The molecule has 10 nitrogen and oxygen atoms in total. The van der Waals surface area contributed by atoms with Crippen molar-refractivity contribution in [1.82, 2.24) is 0 Å². The second-order valence-electron chi connectivity index (χ2n) is 15.2. The lowest BCUT2D eigenvalue weighted by Gasteiger charge is -2.60. The zero-order chi connectivity index (χ0) is 31.7. The first-order valence-corrected chi connectivity index (χ1v) is 16.7. The highest BCUT2D eigenvalue weighted by molar-refractivity contribution is 5.89. The van der Waals surface area contributed by atoms with Crippen LogP contribution in [0.2, 0.25) is 0 Å². The number of carbonyl (C=O) groups excluding carboxylic acids is 1. The van der Waals surface area contributed by atoms with Crippen LogP contribution in [-0.2, 0) is 19.0 Å². The number of carbonyl (C=O) groups is 1. The van der Waals surface area contributed by atoms with Crippen LogP contribution in [0, 0.1) is 40.4 Å². The van der Waals surface area contributed by atoms with Crippen molar-refractivity contribution in [2.45, 2.75) is 128 Å². The van der Waals surface area contributed by atoms with Crippen LogP contribution >= 0.6 is 0 Å². The third kappa shape index (κ3) is 5.03. The number of allylic oxidation sites excluding steroid dienone is 1. The lowest BCUT2D eigenvalue weighted by Crippen LogP contribution is -2.60. The molecule has 1 saturated heterocycles. The highest BCUT2D eigenvalue weighted by Gasteiger charge is 2.62. The first kappa shape index (κ1) is 32.6. The number of aliphatic hydroxyl groups excluding tert-OH is 6. The molecule has 15 atom stereocenters. The largest absolute Gasteiger partial charge is 0.458 e. The Balaban J connectivity index is 1.17. The molecule has 44 heavy (non-hydrogen) atoms. The molecule has 0 radical (unpaired) electrons. The van der Waals surface area contributed by atoms with Gasteiger partial charge in [0.05, 0.1) is 25.4 Å². The average Bonchev–Trinajstić information content (AvgIpc) is 3.36. The van der Waals surface area contributed by atoms with Gasteiger partial charge in [-0.1, -0.05) is 32.4 Å². The molecule has 6 N–H and O–H groups in total. The molecule has 2 heterocycles. The highest BCUT2D eigenvalue weighted by Crippen LogP contribution is 2.67. The molecule has 0 bridgehead atoms. The monoisotopic (exact) mass is 620 g/mol. The van der Waals surface area contributed by atoms with Crippen molar-refractivity contribution < 1.29 is 49.6 Å². The van der Waals surface area contributed by atoms with Crippen LogP contribution in [0.15, 0.2) is 22.8 Å². The number of hydrogen-bond acceptors (Lipinski definition) is 10. The van der Waals surface area contributed by atoms with E-state index in [-0.39, 0.29) is 35.4 Å². The number of aliphatic hydroxyl groups is 6. The summed E-state index contributed by atoms with van der Waals surface area (Å²) < 4.78 is 17.6. The van der Waals surface area contributed by atoms with Crippen molar-refractivity contribution in [3.8, 4) is 0 Å². The first-order chi connectivity index (χ1) is 20.8. The Bertz CT molecular complexity index is 1170. The topological polar surface area (TPSA) is 166 Å². The summed E-state index contributed by atoms with van der Waals surface area (Å²) in [6, 6.07) is 0. The lowest BCUT2D eigenvalue weighted by atomic mass is 9.46. The molecule has 4 aliphatic carbocycles. The lowest BCUT2D eigenvalue weighted by molar-refractivity contribution is -0.315. The molecule has 0 aromatic heterocycles. The summed E-state index contributed by atoms with van der Waals surface area (Å²) in [7, 11) is 0. The fourth-order valence-corrected chi connectivity index (χ4v) is 10.6. The number of ether oxygens (including phenoxy) is 3. The van der Waals surface area contributed by atoms with E-state index in [1.54, 1.807) is 6.92 Å². The van der Waals surface area contributed by atoms with Crippen molar-refractivity contribution in [3.05, 3.63) is 22.8 Å². The van der Waals surface area contributed by atoms with Crippen LogP contribution in [0.3, 0.4) is 0 Å². The minimum absolute atomic E-state index is 0.109. The highest BCUT2D eigenvalue weighted by atomic mass is 16.7. The summed E-state index contributed by atoms with van der Waals surface area (Å²) in [5, 5.41) is 62.0. The molecule has 0 aromatic rings. The molecule has 0 amide bonds. The average molecular weight is 621 g/mol. The van der Waals surface area contributed by atoms with Gasteiger partial charge in [0, 0.05) is 23.8 Å². The zero-order valence-electron chi connectivity index (χ0n) is 26.5. The fraction of sp³-hybridized carbons (Fsp3) is 0.853. The predicted octanol–water partition coefficient (Wildman–Crippen LogP) is 1.98. The Morgan fingerprint density at radius 2 is 1.77 bits per heavy atom. The maximum atomic E-state index is 12.6. The van der Waals surface area contributed by atoms with E-state index < -0.39 is 49.5 Å². The van der Waals surface area contributed by atoms with Crippen LogP contribution in [-0.4, -0.2) is 98.8 Å². The smallest absolute Gasteiger partial charge is 0.334 e. The van der Waals surface area contributed by atoms with E-state index in [4.69, 9.17) is 14.2 Å². The minimum atomic E-state index is -1.50. The van der Waals surface area contributed by atoms with Crippen LogP contribution in [0.4, 0.5) is 0 Å². The van der Waals surface area contributed by atoms with Crippen LogP contribution in [0.1, 0.15) is 79.1 Å². The number of hydrogen-bond donors (Lipinski definition) is 6. The normalized spacial score (nSPS) is 49.9. The van der Waals surface area contributed by atoms with Gasteiger partial charge in [-0.15, -0.1) is 0 Å². The molecule has 6 rings (SSSR count). The predicted molar refractivity (Wildman–Crippen MR) is 159 cm³/mol. The molecule has 10 heteroatoms. The van der Waals surface area contributed by atoms with Gasteiger partial charge in [-0.3, -0.25) is 0 Å².